The molecule has 6 aromatic carbocycles. The number of nitrogens with zero attached hydrogens (tertiary/aromatic N) is 2. The van der Waals surface area contributed by atoms with E-state index < -0.39 is 34.5 Å². The molecule has 0 aromatic heterocycles. The topological polar surface area (TPSA) is 305 Å². The van der Waals surface area contributed by atoms with Gasteiger partial charge in [-0.05, 0) is 158 Å². The number of halogens is 12. The van der Waals surface area contributed by atoms with Crippen LogP contribution in [0.1, 0.15) is 84.7 Å². The van der Waals surface area contributed by atoms with Gasteiger partial charge in [0.05, 0.1) is 0 Å². The molecule has 4 saturated heterocycles. The van der Waals surface area contributed by atoms with Gasteiger partial charge in [0, 0.05) is 190 Å². The van der Waals surface area contributed by atoms with Crippen molar-refractivity contribution in [3.05, 3.63) is 166 Å². The molecule has 0 spiro atoms. The minimum atomic E-state index is -0.408. The Labute approximate surface area is 596 Å². The second kappa shape index (κ2) is 46.5. The quantitative estimate of drug-likeness (QED) is 0.103. The maximum Gasteiger partial charge on any atom is 0.0466 e. The van der Waals surface area contributed by atoms with E-state index in [0.29, 0.717) is 33.4 Å². The third-order valence-electron chi connectivity index (χ3n) is 12.2. The van der Waals surface area contributed by atoms with E-state index in [-0.39, 0.29) is 159 Å². The average Bonchev–Trinajstić information content (AvgIpc) is 3.51. The molecule has 0 amide bonds. The third-order valence-corrected chi connectivity index (χ3v) is 15.2. The molecule has 6 N–H and O–H groups in total. The van der Waals surface area contributed by atoms with Crippen molar-refractivity contribution in [2.24, 2.45) is 0 Å². The Hall–Kier alpha value is -1.63. The molecule has 16 nitrogen and oxygen atoms in total. The largest absolute Gasteiger partial charge is 2.00 e. The summed E-state index contributed by atoms with van der Waals surface area (Å²) in [7, 11) is 0. The van der Waals surface area contributed by atoms with E-state index in [4.69, 9.17) is 158 Å². The van der Waals surface area contributed by atoms with E-state index in [9.17, 15) is 30.6 Å². The van der Waals surface area contributed by atoms with Crippen LogP contribution in [0.5, 0.6) is 34.5 Å². The zero-order chi connectivity index (χ0) is 59.9. The van der Waals surface area contributed by atoms with Crippen molar-refractivity contribution in [1.29, 1.82) is 0 Å². The van der Waals surface area contributed by atoms with Crippen molar-refractivity contribution < 1.29 is 109 Å². The molecule has 0 atom stereocenters. The van der Waals surface area contributed by atoms with Gasteiger partial charge in [0.15, 0.2) is 0 Å². The molecule has 10 rings (SSSR count). The SMILES string of the molecule is C1CCOC1.C1CCOC1.C1CCOC1.C1CCOC1.[O-2].[O-2].[O-]c1c(Cl)cc(Cl)cc1CN(Cc1cc(Cl)cc(Cl)c1[O-])Cc1cc(Cl)cc(Cl)c1[O-].[O-]c1c(Cl)cc(Cl)cc1CN(Cc1cc(Cl)cc(Cl)c1[O-])Cc1cc(Cl)cc(Cl)c1[O-].[OH3+].[OH3+].[V].[V]. The molecule has 4 heterocycles. The first kappa shape index (κ1) is 88.4. The van der Waals surface area contributed by atoms with Gasteiger partial charge >= 0.3 is 0 Å². The second-order valence-corrected chi connectivity index (χ2v) is 23.9. The normalized spacial score (nSPS) is 13.4. The fourth-order valence-electron chi connectivity index (χ4n) is 8.21. The summed E-state index contributed by atoms with van der Waals surface area (Å²) >= 11 is 72.1. The van der Waals surface area contributed by atoms with Gasteiger partial charge in [-0.3, -0.25) is 9.80 Å². The maximum absolute atomic E-state index is 12.5. The Kier molecular flexibility index (Phi) is 46.7. The van der Waals surface area contributed by atoms with Crippen molar-refractivity contribution in [2.45, 2.75) is 90.6 Å². The molecule has 0 aliphatic carbocycles. The smallest absolute Gasteiger partial charge is 0.0466 e. The van der Waals surface area contributed by atoms with Crippen LogP contribution in [-0.4, -0.2) is 62.7 Å². The van der Waals surface area contributed by atoms with Crippen LogP contribution in [0, 0.1) is 0 Å². The van der Waals surface area contributed by atoms with E-state index in [1.54, 1.807) is 9.80 Å². The maximum atomic E-state index is 12.5. The van der Waals surface area contributed by atoms with E-state index in [1.807, 2.05) is 0 Å². The predicted molar refractivity (Wildman–Crippen MR) is 333 cm³/mol. The summed E-state index contributed by atoms with van der Waals surface area (Å²) in [6, 6.07) is 17.0. The van der Waals surface area contributed by atoms with E-state index >= 15 is 0 Å². The minimum Gasteiger partial charge on any atom is -2.00 e. The van der Waals surface area contributed by atoms with Gasteiger partial charge in [-0.15, -0.1) is 0 Å². The Morgan fingerprint density at radius 1 is 0.261 bits per heavy atom. The van der Waals surface area contributed by atoms with Crippen LogP contribution in [0.15, 0.2) is 72.8 Å². The Bertz CT molecular complexity index is 2490. The number of rotatable bonds is 12. The summed E-state index contributed by atoms with van der Waals surface area (Å²) in [5, 5.41) is 76.4. The van der Waals surface area contributed by atoms with Gasteiger partial charge < -0.3 is 71.5 Å². The number of ether oxygens (including phenoxy) is 4. The van der Waals surface area contributed by atoms with Gasteiger partial charge in [-0.25, -0.2) is 0 Å². The van der Waals surface area contributed by atoms with Crippen LogP contribution < -0.4 is 30.6 Å². The van der Waals surface area contributed by atoms with E-state index in [2.05, 4.69) is 0 Å². The van der Waals surface area contributed by atoms with Crippen LogP contribution >= 0.6 is 139 Å². The molecule has 6 aromatic rings. The summed E-state index contributed by atoms with van der Waals surface area (Å²) in [4.78, 5) is 3.35. The first-order valence-electron chi connectivity index (χ1n) is 25.7. The molecule has 88 heavy (non-hydrogen) atoms. The molecule has 490 valence electrons. The minimum absolute atomic E-state index is 0. The van der Waals surface area contributed by atoms with Gasteiger partial charge in [0.1, 0.15) is 0 Å². The van der Waals surface area contributed by atoms with Crippen molar-refractivity contribution in [3.63, 3.8) is 0 Å². The molecule has 0 unspecified atom stereocenters. The van der Waals surface area contributed by atoms with Crippen molar-refractivity contribution >= 4 is 139 Å². The molecule has 4 fully saturated rings. The summed E-state index contributed by atoms with van der Waals surface area (Å²) in [6.07, 6.45) is 10.2. The Balaban J connectivity index is 0. The van der Waals surface area contributed by atoms with Crippen LogP contribution in [0.3, 0.4) is 0 Å². The summed E-state index contributed by atoms with van der Waals surface area (Å²) in [5.74, 6) is -2.45. The standard InChI is InChI=1S/2C21H15Cl6NO3.4C4H8O.2H2O.2O.2V/c2*22-13-1-10(19(29)16(25)4-13)7-28(8-11-2-14(23)5-17(26)20(11)30)9-12-3-15(24)6-18(27)21(12)31;4*1-2-4-5-3-1;;;;;;/h2*1-6,29-31H,7-9H2;4*1-4H2;2*1H2;;;;/q;;;;;;;;2*-2;;/p-4. The number of benzene rings is 6. The summed E-state index contributed by atoms with van der Waals surface area (Å²) in [5.41, 5.74) is 1.74. The van der Waals surface area contributed by atoms with E-state index in [1.165, 1.54) is 124 Å². The third kappa shape index (κ3) is 30.6. The summed E-state index contributed by atoms with van der Waals surface area (Å²) in [6.45, 7) is 8.20. The zero-order valence-electron chi connectivity index (χ0n) is 46.9. The fraction of sp³-hybridized carbons (Fsp3) is 0.379. The molecule has 4 aliphatic heterocycles. The van der Waals surface area contributed by atoms with Gasteiger partial charge in [0.25, 0.3) is 0 Å². The van der Waals surface area contributed by atoms with Crippen molar-refractivity contribution in [3.8, 4) is 34.5 Å². The van der Waals surface area contributed by atoms with Crippen molar-refractivity contribution in [2.75, 3.05) is 52.9 Å². The first-order chi connectivity index (χ1) is 39.1. The Morgan fingerprint density at radius 2 is 0.386 bits per heavy atom. The van der Waals surface area contributed by atoms with Crippen LogP contribution in [0.2, 0.25) is 60.3 Å². The molecule has 0 saturated carbocycles. The zero-order valence-corrected chi connectivity index (χ0v) is 58.7. The molecule has 30 heteroatoms. The van der Waals surface area contributed by atoms with Gasteiger partial charge in [-0.1, -0.05) is 174 Å². The summed E-state index contributed by atoms with van der Waals surface area (Å²) < 4.78 is 19.8. The average molecular weight is 1540 g/mol. The fourth-order valence-corrected chi connectivity index (χ4v) is 11.4. The van der Waals surface area contributed by atoms with Gasteiger partial charge in [-0.2, -0.15) is 0 Å². The van der Waals surface area contributed by atoms with Crippen LogP contribution in [0.25, 0.3) is 0 Å². The predicted octanol–water partition coefficient (Wildman–Crippen LogP) is 13.2. The number of hydrogen-bond donors (Lipinski definition) is 0. The van der Waals surface area contributed by atoms with Crippen molar-refractivity contribution in [1.82, 2.24) is 9.80 Å². The second-order valence-electron chi connectivity index (χ2n) is 18.8. The number of hydrogen-bond acceptors (Lipinski definition) is 12. The van der Waals surface area contributed by atoms with Crippen LogP contribution in [-0.2, 0) is 117 Å². The molecular weight excluding hydrogens is 1480 g/mol. The Morgan fingerprint density at radius 3 is 0.489 bits per heavy atom. The van der Waals surface area contributed by atoms with Gasteiger partial charge in [0.2, 0.25) is 0 Å². The molecule has 0 bridgehead atoms. The monoisotopic (exact) mass is 1530 g/mol. The van der Waals surface area contributed by atoms with E-state index in [0.717, 1.165) is 52.9 Å². The first-order valence-corrected chi connectivity index (χ1v) is 30.3. The molecular formula is C58H62Cl12N2O14V2-8. The molecule has 4 aliphatic rings. The molecule has 2 radical (unpaired) electrons. The van der Waals surface area contributed by atoms with Crippen LogP contribution in [0.4, 0.5) is 0 Å².